The summed E-state index contributed by atoms with van der Waals surface area (Å²) in [6.07, 6.45) is 0.813. The molecule has 0 saturated carbocycles. The van der Waals surface area contributed by atoms with Crippen LogP contribution in [0, 0.1) is 6.92 Å². The number of methoxy groups -OCH3 is 1. The third-order valence-electron chi connectivity index (χ3n) is 3.55. The van der Waals surface area contributed by atoms with Gasteiger partial charge in [-0.1, -0.05) is 32.4 Å². The average molecular weight is 351 g/mol. The van der Waals surface area contributed by atoms with Crippen molar-refractivity contribution >= 4 is 23.2 Å². The molecular formula is C18H23ClN2O3. The van der Waals surface area contributed by atoms with Gasteiger partial charge in [-0.2, -0.15) is 0 Å². The molecule has 1 aromatic carbocycles. The van der Waals surface area contributed by atoms with Crippen LogP contribution in [0.5, 0.6) is 5.75 Å². The number of nitrogens with one attached hydrogen (secondary N) is 1. The first-order valence-electron chi connectivity index (χ1n) is 7.81. The van der Waals surface area contributed by atoms with E-state index in [4.69, 9.17) is 20.8 Å². The fourth-order valence-corrected chi connectivity index (χ4v) is 2.43. The highest BCUT2D eigenvalue weighted by molar-refractivity contribution is 6.32. The van der Waals surface area contributed by atoms with E-state index in [0.717, 1.165) is 11.5 Å². The Morgan fingerprint density at radius 3 is 2.62 bits per heavy atom. The molecular weight excluding hydrogens is 328 g/mol. The normalized spacial score (nSPS) is 11.4. The number of hydrogen-bond donors (Lipinski definition) is 1. The lowest BCUT2D eigenvalue weighted by Gasteiger charge is -2.12. The van der Waals surface area contributed by atoms with E-state index in [1.165, 1.54) is 0 Å². The number of aromatic nitrogens is 1. The molecule has 0 unspecified atom stereocenters. The van der Waals surface area contributed by atoms with E-state index in [0.29, 0.717) is 35.2 Å². The van der Waals surface area contributed by atoms with E-state index < -0.39 is 0 Å². The summed E-state index contributed by atoms with van der Waals surface area (Å²) in [5.41, 5.74) is 1.32. The molecule has 0 aliphatic carbocycles. The average Bonchev–Trinajstić information content (AvgIpc) is 2.87. The summed E-state index contributed by atoms with van der Waals surface area (Å²) in [4.78, 5) is 16.6. The number of rotatable bonds is 5. The van der Waals surface area contributed by atoms with Gasteiger partial charge in [0.05, 0.1) is 17.8 Å². The fraction of sp³-hybridized carbons (Fsp3) is 0.444. The lowest BCUT2D eigenvalue weighted by Crippen LogP contribution is -2.12. The lowest BCUT2D eigenvalue weighted by atomic mass is 9.97. The van der Waals surface area contributed by atoms with E-state index in [9.17, 15) is 4.79 Å². The molecule has 0 aliphatic heterocycles. The maximum absolute atomic E-state index is 12.1. The molecule has 1 heterocycles. The van der Waals surface area contributed by atoms with Crippen molar-refractivity contribution in [2.24, 2.45) is 0 Å². The maximum Gasteiger partial charge on any atom is 0.224 e. The van der Waals surface area contributed by atoms with E-state index >= 15 is 0 Å². The maximum atomic E-state index is 12.1. The SMILES string of the molecule is COc1ccc(NC(=O)CCc2oc(C(C)(C)C)nc2C)cc1Cl. The molecule has 1 amide bonds. The van der Waals surface area contributed by atoms with Crippen molar-refractivity contribution in [3.05, 3.63) is 40.6 Å². The summed E-state index contributed by atoms with van der Waals surface area (Å²) in [5.74, 6) is 1.91. The molecule has 24 heavy (non-hydrogen) atoms. The van der Waals surface area contributed by atoms with Crippen LogP contribution in [-0.2, 0) is 16.6 Å². The van der Waals surface area contributed by atoms with Crippen LogP contribution in [0.3, 0.4) is 0 Å². The Hall–Kier alpha value is -2.01. The number of hydrogen-bond acceptors (Lipinski definition) is 4. The number of nitrogens with zero attached hydrogens (tertiary/aromatic N) is 1. The Morgan fingerprint density at radius 1 is 1.38 bits per heavy atom. The Kier molecular flexibility index (Phi) is 5.54. The molecule has 0 aliphatic rings. The first kappa shape index (κ1) is 18.3. The Bertz CT molecular complexity index is 732. The third kappa shape index (κ3) is 4.51. The summed E-state index contributed by atoms with van der Waals surface area (Å²) in [5, 5.41) is 3.27. The summed E-state index contributed by atoms with van der Waals surface area (Å²) in [6.45, 7) is 8.03. The molecule has 5 nitrogen and oxygen atoms in total. The van der Waals surface area contributed by atoms with Crippen molar-refractivity contribution in [2.75, 3.05) is 12.4 Å². The predicted molar refractivity (Wildman–Crippen MR) is 94.9 cm³/mol. The van der Waals surface area contributed by atoms with Crippen LogP contribution in [0.2, 0.25) is 5.02 Å². The van der Waals surface area contributed by atoms with Gasteiger partial charge in [0, 0.05) is 23.9 Å². The molecule has 1 aromatic heterocycles. The molecule has 0 bridgehead atoms. The number of anilines is 1. The smallest absolute Gasteiger partial charge is 0.224 e. The standard InChI is InChI=1S/C18H23ClN2O3/c1-11-14(24-17(20-11)18(2,3)4)8-9-16(22)21-12-6-7-15(23-5)13(19)10-12/h6-7,10H,8-9H2,1-5H3,(H,21,22). The van der Waals surface area contributed by atoms with Gasteiger partial charge in [0.25, 0.3) is 0 Å². The molecule has 2 rings (SSSR count). The van der Waals surface area contributed by atoms with Gasteiger partial charge >= 0.3 is 0 Å². The molecule has 6 heteroatoms. The highest BCUT2D eigenvalue weighted by Crippen LogP contribution is 2.27. The zero-order valence-electron chi connectivity index (χ0n) is 14.7. The minimum atomic E-state index is -0.148. The molecule has 0 atom stereocenters. The number of carbonyl (C=O) groups is 1. The minimum Gasteiger partial charge on any atom is -0.495 e. The molecule has 0 radical (unpaired) electrons. The molecule has 2 aromatic rings. The number of amides is 1. The van der Waals surface area contributed by atoms with Gasteiger partial charge in [0.2, 0.25) is 5.91 Å². The second-order valence-electron chi connectivity index (χ2n) is 6.68. The zero-order chi connectivity index (χ0) is 17.9. The number of benzene rings is 1. The molecule has 130 valence electrons. The van der Waals surface area contributed by atoms with Crippen molar-refractivity contribution in [2.45, 2.75) is 46.0 Å². The monoisotopic (exact) mass is 350 g/mol. The largest absolute Gasteiger partial charge is 0.495 e. The number of aryl methyl sites for hydroxylation is 2. The number of ether oxygens (including phenoxy) is 1. The van der Waals surface area contributed by atoms with Crippen LogP contribution in [-0.4, -0.2) is 18.0 Å². The van der Waals surface area contributed by atoms with E-state index in [1.807, 2.05) is 27.7 Å². The summed E-state index contributed by atoms with van der Waals surface area (Å²) >= 11 is 6.05. The van der Waals surface area contributed by atoms with E-state index in [2.05, 4.69) is 10.3 Å². The van der Waals surface area contributed by atoms with Crippen LogP contribution in [0.4, 0.5) is 5.69 Å². The van der Waals surface area contributed by atoms with Crippen molar-refractivity contribution < 1.29 is 13.9 Å². The highest BCUT2D eigenvalue weighted by Gasteiger charge is 2.22. The number of carbonyl (C=O) groups excluding carboxylic acids is 1. The first-order valence-corrected chi connectivity index (χ1v) is 8.18. The summed E-state index contributed by atoms with van der Waals surface area (Å²) in [6, 6.07) is 5.13. The van der Waals surface area contributed by atoms with Crippen LogP contribution in [0.25, 0.3) is 0 Å². The van der Waals surface area contributed by atoms with Crippen LogP contribution < -0.4 is 10.1 Å². The van der Waals surface area contributed by atoms with Gasteiger partial charge in [-0.15, -0.1) is 0 Å². The topological polar surface area (TPSA) is 64.4 Å². The zero-order valence-corrected chi connectivity index (χ0v) is 15.5. The van der Waals surface area contributed by atoms with Crippen molar-refractivity contribution in [3.8, 4) is 5.75 Å². The fourth-order valence-electron chi connectivity index (χ4n) is 2.18. The quantitative estimate of drug-likeness (QED) is 0.861. The third-order valence-corrected chi connectivity index (χ3v) is 3.84. The van der Waals surface area contributed by atoms with Crippen molar-refractivity contribution in [1.29, 1.82) is 0 Å². The van der Waals surface area contributed by atoms with Gasteiger partial charge in [-0.25, -0.2) is 4.98 Å². The molecule has 0 spiro atoms. The second-order valence-corrected chi connectivity index (χ2v) is 7.08. The second kappa shape index (κ2) is 7.26. The molecule has 0 saturated heterocycles. The summed E-state index contributed by atoms with van der Waals surface area (Å²) in [7, 11) is 1.55. The van der Waals surface area contributed by atoms with Gasteiger partial charge in [-0.3, -0.25) is 4.79 Å². The van der Waals surface area contributed by atoms with Crippen LogP contribution in [0.15, 0.2) is 22.6 Å². The van der Waals surface area contributed by atoms with Crippen LogP contribution in [0.1, 0.15) is 44.5 Å². The number of halogens is 1. The van der Waals surface area contributed by atoms with Gasteiger partial charge in [-0.05, 0) is 25.1 Å². The van der Waals surface area contributed by atoms with E-state index in [-0.39, 0.29) is 11.3 Å². The van der Waals surface area contributed by atoms with Gasteiger partial charge in [0.1, 0.15) is 11.5 Å². The first-order chi connectivity index (χ1) is 11.2. The Balaban J connectivity index is 1.96. The van der Waals surface area contributed by atoms with Crippen molar-refractivity contribution in [1.82, 2.24) is 4.98 Å². The molecule has 0 fully saturated rings. The highest BCUT2D eigenvalue weighted by atomic mass is 35.5. The Labute approximate surface area is 147 Å². The minimum absolute atomic E-state index is 0.107. The van der Waals surface area contributed by atoms with Gasteiger partial charge < -0.3 is 14.5 Å². The van der Waals surface area contributed by atoms with Crippen LogP contribution >= 0.6 is 11.6 Å². The summed E-state index contributed by atoms with van der Waals surface area (Å²) < 4.78 is 10.9. The number of oxazole rings is 1. The predicted octanol–water partition coefficient (Wildman–Crippen LogP) is 4.51. The lowest BCUT2D eigenvalue weighted by molar-refractivity contribution is -0.116. The van der Waals surface area contributed by atoms with E-state index in [1.54, 1.807) is 25.3 Å². The van der Waals surface area contributed by atoms with Gasteiger partial charge in [0.15, 0.2) is 5.89 Å². The molecule has 1 N–H and O–H groups in total. The Morgan fingerprint density at radius 2 is 2.08 bits per heavy atom. The van der Waals surface area contributed by atoms with Crippen molar-refractivity contribution in [3.63, 3.8) is 0 Å².